The highest BCUT2D eigenvalue weighted by Gasteiger charge is 2.57. The molecule has 0 bridgehead atoms. The van der Waals surface area contributed by atoms with Gasteiger partial charge >= 0.3 is 6.18 Å². The van der Waals surface area contributed by atoms with Crippen LogP contribution < -0.4 is 5.32 Å². The van der Waals surface area contributed by atoms with E-state index in [-0.39, 0.29) is 25.0 Å². The number of carbonyl (C=O) groups excluding carboxylic acids is 1. The van der Waals surface area contributed by atoms with Gasteiger partial charge in [-0.3, -0.25) is 4.79 Å². The van der Waals surface area contributed by atoms with Crippen LogP contribution in [0.3, 0.4) is 0 Å². The summed E-state index contributed by atoms with van der Waals surface area (Å²) in [6, 6.07) is 4.26. The lowest BCUT2D eigenvalue weighted by Crippen LogP contribution is -2.54. The van der Waals surface area contributed by atoms with E-state index in [2.05, 4.69) is 25.2 Å². The van der Waals surface area contributed by atoms with Crippen molar-refractivity contribution in [3.05, 3.63) is 34.4 Å². The number of carbonyl (C=O) groups is 1. The van der Waals surface area contributed by atoms with E-state index in [1.54, 1.807) is 0 Å². The first-order chi connectivity index (χ1) is 12.0. The molecule has 3 rings (SSSR count). The van der Waals surface area contributed by atoms with Crippen molar-refractivity contribution in [3.63, 3.8) is 0 Å². The average molecular weight is 370 g/mol. The van der Waals surface area contributed by atoms with E-state index in [4.69, 9.17) is 0 Å². The van der Waals surface area contributed by atoms with Crippen molar-refractivity contribution in [3.8, 4) is 0 Å². The van der Waals surface area contributed by atoms with Crippen LogP contribution in [0, 0.1) is 0 Å². The number of nitrogens with one attached hydrogen (secondary N) is 1. The Labute approximate surface area is 151 Å². The van der Waals surface area contributed by atoms with Gasteiger partial charge < -0.3 is 15.3 Å². The molecule has 4 nitrogen and oxygen atoms in total. The second kappa shape index (κ2) is 6.53. The summed E-state index contributed by atoms with van der Waals surface area (Å²) in [6.07, 6.45) is -2.98. The van der Waals surface area contributed by atoms with Gasteiger partial charge in [-0.2, -0.15) is 13.2 Å². The van der Waals surface area contributed by atoms with E-state index < -0.39 is 17.7 Å². The molecule has 2 atom stereocenters. The van der Waals surface area contributed by atoms with Crippen LogP contribution in [-0.2, 0) is 17.9 Å². The fourth-order valence-corrected chi connectivity index (χ4v) is 3.74. The first-order valence-electron chi connectivity index (χ1n) is 9.00. The molecule has 2 heterocycles. The molecule has 1 unspecified atom stereocenters. The number of halogens is 3. The topological polar surface area (TPSA) is 52.6 Å². The van der Waals surface area contributed by atoms with E-state index in [0.717, 1.165) is 46.5 Å². The molecule has 26 heavy (non-hydrogen) atoms. The lowest BCUT2D eigenvalue weighted by atomic mass is 9.90. The number of aliphatic hydroxyl groups is 1. The van der Waals surface area contributed by atoms with Crippen molar-refractivity contribution in [1.29, 1.82) is 0 Å². The minimum Gasteiger partial charge on any atom is -0.373 e. The minimum absolute atomic E-state index is 0.0979. The average Bonchev–Trinajstić information content (AvgIpc) is 3.21. The second-order valence-corrected chi connectivity index (χ2v) is 7.78. The number of fused-ring (bicyclic) bond motifs is 1. The molecule has 1 amide bonds. The summed E-state index contributed by atoms with van der Waals surface area (Å²) >= 11 is 0. The third-order valence-electron chi connectivity index (χ3n) is 5.47. The van der Waals surface area contributed by atoms with Crippen molar-refractivity contribution in [1.82, 2.24) is 10.2 Å². The molecular formula is C19H25F3N2O2. The highest BCUT2D eigenvalue weighted by Crippen LogP contribution is 2.38. The molecule has 1 saturated heterocycles. The summed E-state index contributed by atoms with van der Waals surface area (Å²) < 4.78 is 39.2. The van der Waals surface area contributed by atoms with Crippen LogP contribution >= 0.6 is 0 Å². The van der Waals surface area contributed by atoms with Gasteiger partial charge in [0.1, 0.15) is 0 Å². The normalized spacial score (nSPS) is 22.6. The quantitative estimate of drug-likeness (QED) is 0.858. The van der Waals surface area contributed by atoms with E-state index in [9.17, 15) is 23.1 Å². The number of hydrogen-bond acceptors (Lipinski definition) is 3. The summed E-state index contributed by atoms with van der Waals surface area (Å²) in [5.41, 5.74) is 0.614. The molecule has 0 aromatic heterocycles. The fraction of sp³-hybridized carbons (Fsp3) is 0.632. The Balaban J connectivity index is 1.94. The van der Waals surface area contributed by atoms with Crippen molar-refractivity contribution in [2.75, 3.05) is 6.54 Å². The minimum atomic E-state index is -5.00. The van der Waals surface area contributed by atoms with Crippen molar-refractivity contribution in [2.24, 2.45) is 0 Å². The standard InChI is InChI=1S/C19H25F3N2O2/c1-11(2)12-7-13-9-24(17(25)18(3,26)19(20,21)22)10-15(13)14(8-12)16-5-4-6-23-16/h7-8,11,16,23,26H,4-6,9-10H2,1-3H3/t16-,18?/m0/s1. The van der Waals surface area contributed by atoms with Gasteiger partial charge in [-0.1, -0.05) is 26.0 Å². The Hall–Kier alpha value is -1.60. The molecule has 2 aliphatic rings. The monoisotopic (exact) mass is 370 g/mol. The molecule has 7 heteroatoms. The Kier molecular flexibility index (Phi) is 4.82. The predicted molar refractivity (Wildman–Crippen MR) is 91.4 cm³/mol. The summed E-state index contributed by atoms with van der Waals surface area (Å²) in [4.78, 5) is 13.5. The predicted octanol–water partition coefficient (Wildman–Crippen LogP) is 3.39. The Morgan fingerprint density at radius 2 is 2.00 bits per heavy atom. The summed E-state index contributed by atoms with van der Waals surface area (Å²) in [7, 11) is 0. The lowest BCUT2D eigenvalue weighted by molar-refractivity contribution is -0.250. The van der Waals surface area contributed by atoms with Crippen LogP contribution in [0.15, 0.2) is 12.1 Å². The van der Waals surface area contributed by atoms with E-state index in [1.165, 1.54) is 0 Å². The number of rotatable bonds is 3. The first-order valence-corrected chi connectivity index (χ1v) is 9.00. The molecule has 1 fully saturated rings. The maximum absolute atomic E-state index is 13.1. The van der Waals surface area contributed by atoms with Gasteiger partial charge in [0.2, 0.25) is 5.60 Å². The smallest absolute Gasteiger partial charge is 0.373 e. The Morgan fingerprint density at radius 1 is 1.31 bits per heavy atom. The van der Waals surface area contributed by atoms with Crippen molar-refractivity contribution in [2.45, 2.75) is 70.4 Å². The zero-order valence-corrected chi connectivity index (χ0v) is 15.3. The zero-order chi connectivity index (χ0) is 19.3. The Bertz CT molecular complexity index is 707. The van der Waals surface area contributed by atoms with E-state index >= 15 is 0 Å². The highest BCUT2D eigenvalue weighted by molar-refractivity contribution is 5.86. The molecule has 0 aliphatic carbocycles. The van der Waals surface area contributed by atoms with Gasteiger partial charge in [-0.15, -0.1) is 0 Å². The summed E-state index contributed by atoms with van der Waals surface area (Å²) in [5, 5.41) is 13.2. The number of alkyl halides is 3. The number of amides is 1. The molecule has 1 aromatic rings. The third kappa shape index (κ3) is 3.22. The number of benzene rings is 1. The molecule has 144 valence electrons. The van der Waals surface area contributed by atoms with Crippen molar-refractivity contribution < 1.29 is 23.1 Å². The van der Waals surface area contributed by atoms with Crippen LogP contribution in [0.5, 0.6) is 0 Å². The lowest BCUT2D eigenvalue weighted by Gasteiger charge is -2.29. The van der Waals surface area contributed by atoms with Gasteiger partial charge in [0.15, 0.2) is 0 Å². The van der Waals surface area contributed by atoms with Crippen LogP contribution in [0.25, 0.3) is 0 Å². The van der Waals surface area contributed by atoms with Crippen LogP contribution in [-0.4, -0.2) is 34.2 Å². The van der Waals surface area contributed by atoms with Gasteiger partial charge in [0, 0.05) is 19.1 Å². The van der Waals surface area contributed by atoms with Crippen LogP contribution in [0.1, 0.15) is 67.8 Å². The molecule has 2 N–H and O–H groups in total. The molecule has 2 aliphatic heterocycles. The molecule has 0 radical (unpaired) electrons. The van der Waals surface area contributed by atoms with Crippen molar-refractivity contribution >= 4 is 5.91 Å². The largest absolute Gasteiger partial charge is 0.426 e. The van der Waals surface area contributed by atoms with E-state index in [1.807, 2.05) is 6.07 Å². The van der Waals surface area contributed by atoms with Crippen LogP contribution in [0.4, 0.5) is 13.2 Å². The summed E-state index contributed by atoms with van der Waals surface area (Å²) in [6.45, 7) is 5.78. The van der Waals surface area contributed by atoms with E-state index in [0.29, 0.717) is 6.92 Å². The van der Waals surface area contributed by atoms with Crippen LogP contribution in [0.2, 0.25) is 0 Å². The van der Waals surface area contributed by atoms with Gasteiger partial charge in [-0.05, 0) is 54.5 Å². The third-order valence-corrected chi connectivity index (χ3v) is 5.47. The molecule has 0 saturated carbocycles. The second-order valence-electron chi connectivity index (χ2n) is 7.78. The first kappa shape index (κ1) is 19.2. The maximum Gasteiger partial charge on any atom is 0.426 e. The van der Waals surface area contributed by atoms with Gasteiger partial charge in [0.05, 0.1) is 0 Å². The Morgan fingerprint density at radius 3 is 2.54 bits per heavy atom. The summed E-state index contributed by atoms with van der Waals surface area (Å²) in [5.74, 6) is -1.01. The molecule has 1 aromatic carbocycles. The van der Waals surface area contributed by atoms with Gasteiger partial charge in [-0.25, -0.2) is 0 Å². The number of hydrogen-bond donors (Lipinski definition) is 2. The molecular weight excluding hydrogens is 345 g/mol. The maximum atomic E-state index is 13.1. The van der Waals surface area contributed by atoms with Gasteiger partial charge in [0.25, 0.3) is 5.91 Å². The zero-order valence-electron chi connectivity index (χ0n) is 15.3. The fourth-order valence-electron chi connectivity index (χ4n) is 3.74. The molecule has 0 spiro atoms. The number of nitrogens with zero attached hydrogens (tertiary/aromatic N) is 1. The highest BCUT2D eigenvalue weighted by atomic mass is 19.4. The SMILES string of the molecule is CC(C)c1cc2c(c([C@@H]3CCCN3)c1)CN(C(=O)C(C)(O)C(F)(F)F)C2.